The van der Waals surface area contributed by atoms with Crippen molar-refractivity contribution in [3.05, 3.63) is 40.1 Å². The van der Waals surface area contributed by atoms with Gasteiger partial charge in [-0.05, 0) is 68.4 Å². The first-order valence-corrected chi connectivity index (χ1v) is 10.7. The van der Waals surface area contributed by atoms with E-state index in [1.54, 1.807) is 18.9 Å². The molecule has 3 aromatic rings. The summed E-state index contributed by atoms with van der Waals surface area (Å²) in [5.41, 5.74) is 7.25. The van der Waals surface area contributed by atoms with Crippen molar-refractivity contribution in [3.63, 3.8) is 0 Å². The molecule has 1 aliphatic rings. The minimum absolute atomic E-state index is 0.113. The Labute approximate surface area is 183 Å². The van der Waals surface area contributed by atoms with Gasteiger partial charge in [0.05, 0.1) is 25.3 Å². The Hall–Kier alpha value is -3.09. The average Bonchev–Trinajstić information content (AvgIpc) is 3.09. The van der Waals surface area contributed by atoms with E-state index in [-0.39, 0.29) is 5.91 Å². The number of benzene rings is 1. The number of hydrogen-bond donors (Lipinski definition) is 0. The molecule has 4 rings (SSSR count). The lowest BCUT2D eigenvalue weighted by atomic mass is 9.95. The zero-order valence-electron chi connectivity index (χ0n) is 19.2. The molecule has 0 saturated carbocycles. The predicted molar refractivity (Wildman–Crippen MR) is 121 cm³/mol. The maximum atomic E-state index is 13.3. The van der Waals surface area contributed by atoms with Crippen molar-refractivity contribution < 1.29 is 14.3 Å². The van der Waals surface area contributed by atoms with Crippen molar-refractivity contribution in [3.8, 4) is 11.6 Å². The fourth-order valence-corrected chi connectivity index (χ4v) is 4.74. The van der Waals surface area contributed by atoms with Gasteiger partial charge < -0.3 is 14.4 Å². The fourth-order valence-electron chi connectivity index (χ4n) is 4.74. The van der Waals surface area contributed by atoms with Crippen LogP contribution in [0.4, 0.5) is 5.69 Å². The van der Waals surface area contributed by atoms with Crippen LogP contribution in [0.3, 0.4) is 0 Å². The monoisotopic (exact) mass is 422 g/mol. The molecule has 0 spiro atoms. The number of rotatable bonds is 5. The Morgan fingerprint density at radius 3 is 2.65 bits per heavy atom. The van der Waals surface area contributed by atoms with Crippen LogP contribution in [0.15, 0.2) is 12.1 Å². The second kappa shape index (κ2) is 8.21. The number of aromatic nitrogens is 3. The Morgan fingerprint density at radius 2 is 1.94 bits per heavy atom. The first kappa shape index (κ1) is 21.2. The maximum Gasteiger partial charge on any atom is 0.242 e. The third-order valence-corrected chi connectivity index (χ3v) is 6.38. The van der Waals surface area contributed by atoms with Gasteiger partial charge in [-0.2, -0.15) is 0 Å². The Bertz CT molecular complexity index is 1170. The van der Waals surface area contributed by atoms with E-state index in [1.165, 1.54) is 11.1 Å². The molecule has 0 unspecified atom stereocenters. The number of fused-ring (bicyclic) bond motifs is 2. The average molecular weight is 423 g/mol. The summed E-state index contributed by atoms with van der Waals surface area (Å²) in [5, 5.41) is 5.33. The van der Waals surface area contributed by atoms with Gasteiger partial charge in [0.15, 0.2) is 5.65 Å². The molecular weight excluding hydrogens is 392 g/mol. The van der Waals surface area contributed by atoms with Gasteiger partial charge in [0.2, 0.25) is 11.8 Å². The first-order chi connectivity index (χ1) is 14.9. The molecule has 0 N–H and O–H groups in total. The van der Waals surface area contributed by atoms with E-state index >= 15 is 0 Å². The molecule has 0 bridgehead atoms. The molecule has 7 heteroatoms. The van der Waals surface area contributed by atoms with Crippen molar-refractivity contribution in [2.75, 3.05) is 25.7 Å². The highest BCUT2D eigenvalue weighted by Gasteiger charge is 2.27. The van der Waals surface area contributed by atoms with Crippen molar-refractivity contribution >= 4 is 22.6 Å². The highest BCUT2D eigenvalue weighted by Crippen LogP contribution is 2.39. The Balaban J connectivity index is 1.64. The van der Waals surface area contributed by atoms with Crippen LogP contribution in [0, 0.1) is 20.8 Å². The smallest absolute Gasteiger partial charge is 0.242 e. The topological polar surface area (TPSA) is 69.5 Å². The summed E-state index contributed by atoms with van der Waals surface area (Å²) < 4.78 is 12.8. The SMILES string of the molecule is COc1ccc(C)c2c1N(C(=O)CCc1c(C)nc3c(c(OC)nn3C)c1C)CCC2. The van der Waals surface area contributed by atoms with E-state index < -0.39 is 0 Å². The summed E-state index contributed by atoms with van der Waals surface area (Å²) in [7, 11) is 5.15. The standard InChI is InChI=1S/C24H30N4O3/c1-14-9-11-19(30-5)22-17(14)8-7-13-28(22)20(29)12-10-18-15(2)21-23(25-16(18)3)27(4)26-24(21)31-6/h9,11H,7-8,10,12-13H2,1-6H3. The van der Waals surface area contributed by atoms with Crippen LogP contribution in [0.5, 0.6) is 11.6 Å². The molecule has 164 valence electrons. The van der Waals surface area contributed by atoms with E-state index in [2.05, 4.69) is 25.0 Å². The van der Waals surface area contributed by atoms with Crippen LogP contribution in [0.25, 0.3) is 11.0 Å². The fraction of sp³-hybridized carbons (Fsp3) is 0.458. The Morgan fingerprint density at radius 1 is 1.16 bits per heavy atom. The van der Waals surface area contributed by atoms with E-state index in [1.807, 2.05) is 24.9 Å². The number of anilines is 1. The van der Waals surface area contributed by atoms with Crippen LogP contribution < -0.4 is 14.4 Å². The molecule has 0 saturated heterocycles. The lowest BCUT2D eigenvalue weighted by molar-refractivity contribution is -0.118. The highest BCUT2D eigenvalue weighted by atomic mass is 16.5. The second-order valence-corrected chi connectivity index (χ2v) is 8.19. The van der Waals surface area contributed by atoms with Crippen LogP contribution in [-0.2, 0) is 24.7 Å². The summed E-state index contributed by atoms with van der Waals surface area (Å²) in [4.78, 5) is 20.0. The number of ether oxygens (including phenoxy) is 2. The summed E-state index contributed by atoms with van der Waals surface area (Å²) in [6.45, 7) is 6.87. The Kier molecular flexibility index (Phi) is 5.60. The van der Waals surface area contributed by atoms with Crippen LogP contribution in [0.2, 0.25) is 0 Å². The van der Waals surface area contributed by atoms with E-state index in [0.29, 0.717) is 18.7 Å². The summed E-state index contributed by atoms with van der Waals surface area (Å²) in [6.07, 6.45) is 2.97. The first-order valence-electron chi connectivity index (χ1n) is 10.7. The zero-order valence-corrected chi connectivity index (χ0v) is 19.2. The lowest BCUT2D eigenvalue weighted by Crippen LogP contribution is -2.36. The third kappa shape index (κ3) is 3.52. The normalized spacial score (nSPS) is 13.4. The maximum absolute atomic E-state index is 13.3. The molecule has 1 aliphatic heterocycles. The molecule has 7 nitrogen and oxygen atoms in total. The number of nitrogens with zero attached hydrogens (tertiary/aromatic N) is 4. The number of carbonyl (C=O) groups is 1. The van der Waals surface area contributed by atoms with Gasteiger partial charge in [-0.3, -0.25) is 4.79 Å². The molecular formula is C24H30N4O3. The van der Waals surface area contributed by atoms with Crippen molar-refractivity contribution in [1.82, 2.24) is 14.8 Å². The number of hydrogen-bond acceptors (Lipinski definition) is 5. The van der Waals surface area contributed by atoms with Gasteiger partial charge >= 0.3 is 0 Å². The summed E-state index contributed by atoms with van der Waals surface area (Å²) >= 11 is 0. The molecule has 0 radical (unpaired) electrons. The van der Waals surface area contributed by atoms with Gasteiger partial charge in [0.25, 0.3) is 0 Å². The molecule has 31 heavy (non-hydrogen) atoms. The molecule has 0 atom stereocenters. The third-order valence-electron chi connectivity index (χ3n) is 6.38. The number of aryl methyl sites for hydroxylation is 4. The van der Waals surface area contributed by atoms with E-state index in [4.69, 9.17) is 14.5 Å². The minimum atomic E-state index is 0.113. The molecule has 0 aliphatic carbocycles. The molecule has 3 heterocycles. The summed E-state index contributed by atoms with van der Waals surface area (Å²) in [6, 6.07) is 4.03. The van der Waals surface area contributed by atoms with Crippen LogP contribution >= 0.6 is 0 Å². The van der Waals surface area contributed by atoms with Gasteiger partial charge in [0.1, 0.15) is 5.75 Å². The molecule has 0 fully saturated rings. The molecule has 1 aromatic carbocycles. The van der Waals surface area contributed by atoms with Crippen LogP contribution in [0.1, 0.15) is 40.8 Å². The van der Waals surface area contributed by atoms with Crippen molar-refractivity contribution in [2.45, 2.75) is 46.5 Å². The van der Waals surface area contributed by atoms with Gasteiger partial charge in [-0.15, -0.1) is 5.10 Å². The van der Waals surface area contributed by atoms with E-state index in [0.717, 1.165) is 58.7 Å². The van der Waals surface area contributed by atoms with Crippen LogP contribution in [-0.4, -0.2) is 41.4 Å². The van der Waals surface area contributed by atoms with Crippen molar-refractivity contribution in [2.24, 2.45) is 7.05 Å². The zero-order chi connectivity index (χ0) is 22.3. The van der Waals surface area contributed by atoms with Gasteiger partial charge in [0, 0.05) is 25.7 Å². The van der Waals surface area contributed by atoms with E-state index in [9.17, 15) is 4.79 Å². The van der Waals surface area contributed by atoms with Gasteiger partial charge in [-0.25, -0.2) is 9.67 Å². The number of pyridine rings is 1. The minimum Gasteiger partial charge on any atom is -0.495 e. The van der Waals surface area contributed by atoms with Crippen molar-refractivity contribution in [1.29, 1.82) is 0 Å². The largest absolute Gasteiger partial charge is 0.495 e. The molecule has 2 aromatic heterocycles. The number of carbonyl (C=O) groups excluding carboxylic acids is 1. The highest BCUT2D eigenvalue weighted by molar-refractivity contribution is 5.97. The summed E-state index contributed by atoms with van der Waals surface area (Å²) in [5.74, 6) is 1.45. The number of amides is 1. The van der Waals surface area contributed by atoms with Gasteiger partial charge in [-0.1, -0.05) is 6.07 Å². The molecule has 1 amide bonds. The predicted octanol–water partition coefficient (Wildman–Crippen LogP) is 3.82. The number of methoxy groups -OCH3 is 2. The quantitative estimate of drug-likeness (QED) is 0.625. The second-order valence-electron chi connectivity index (χ2n) is 8.19. The lowest BCUT2D eigenvalue weighted by Gasteiger charge is -2.32.